The van der Waals surface area contributed by atoms with Crippen LogP contribution in [0.25, 0.3) is 22.3 Å². The molecule has 1 amide bonds. The molecular formula is C23H20ClF3N6O3S. The number of nitrogens with zero attached hydrogens (tertiary/aromatic N) is 4. The van der Waals surface area contributed by atoms with E-state index < -0.39 is 34.7 Å². The summed E-state index contributed by atoms with van der Waals surface area (Å²) in [6.45, 7) is 1.77. The minimum Gasteiger partial charge on any atom is -0.308 e. The summed E-state index contributed by atoms with van der Waals surface area (Å²) in [5.41, 5.74) is 1.48. The first-order chi connectivity index (χ1) is 17.3. The molecule has 0 fully saturated rings. The van der Waals surface area contributed by atoms with Gasteiger partial charge in [0.15, 0.2) is 11.5 Å². The number of benzene rings is 1. The molecule has 194 valence electrons. The van der Waals surface area contributed by atoms with Gasteiger partial charge in [0.1, 0.15) is 0 Å². The molecule has 0 spiro atoms. The van der Waals surface area contributed by atoms with Crippen molar-refractivity contribution < 1.29 is 26.4 Å². The van der Waals surface area contributed by atoms with E-state index in [0.29, 0.717) is 10.9 Å². The summed E-state index contributed by atoms with van der Waals surface area (Å²) in [5.74, 6) is -0.801. The van der Waals surface area contributed by atoms with Crippen molar-refractivity contribution in [2.45, 2.75) is 31.0 Å². The number of aryl methyl sites for hydroxylation is 1. The molecule has 0 bridgehead atoms. The molecule has 9 nitrogen and oxygen atoms in total. The minimum atomic E-state index is -4.48. The number of alkyl halides is 3. The maximum Gasteiger partial charge on any atom is 0.401 e. The number of nitrogens with one attached hydrogen (secondary N) is 2. The zero-order valence-electron chi connectivity index (χ0n) is 19.4. The van der Waals surface area contributed by atoms with Gasteiger partial charge in [-0.05, 0) is 32.0 Å². The summed E-state index contributed by atoms with van der Waals surface area (Å²) in [7, 11) is -4.05. The SMILES string of the molecule is Cc1ccc(S(=O)(=O)n2cc(-c3cncc(NC(=O)[C@@H](C)NCC(F)(F)F)n3)c3cc(Cl)cnc32)cc1. The Hall–Kier alpha value is -3.55. The van der Waals surface area contributed by atoms with Gasteiger partial charge in [0.25, 0.3) is 10.0 Å². The summed E-state index contributed by atoms with van der Waals surface area (Å²) in [4.78, 5) is 24.9. The lowest BCUT2D eigenvalue weighted by Crippen LogP contribution is -2.42. The lowest BCUT2D eigenvalue weighted by Gasteiger charge is -2.15. The van der Waals surface area contributed by atoms with Crippen molar-refractivity contribution in [3.05, 3.63) is 65.7 Å². The first-order valence-corrected chi connectivity index (χ1v) is 12.6. The lowest BCUT2D eigenvalue weighted by atomic mass is 10.2. The number of aromatic nitrogens is 4. The van der Waals surface area contributed by atoms with Crippen molar-refractivity contribution in [1.82, 2.24) is 24.2 Å². The van der Waals surface area contributed by atoms with E-state index in [2.05, 4.69) is 25.6 Å². The van der Waals surface area contributed by atoms with Crippen molar-refractivity contribution in [1.29, 1.82) is 0 Å². The van der Waals surface area contributed by atoms with Crippen LogP contribution in [0.5, 0.6) is 0 Å². The van der Waals surface area contributed by atoms with Crippen LogP contribution >= 0.6 is 11.6 Å². The Labute approximate surface area is 214 Å². The van der Waals surface area contributed by atoms with E-state index in [-0.39, 0.29) is 27.1 Å². The van der Waals surface area contributed by atoms with Gasteiger partial charge in [-0.2, -0.15) is 13.2 Å². The van der Waals surface area contributed by atoms with Crippen molar-refractivity contribution >= 4 is 44.4 Å². The monoisotopic (exact) mass is 552 g/mol. The predicted octanol–water partition coefficient (Wildman–Crippen LogP) is 4.17. The summed E-state index contributed by atoms with van der Waals surface area (Å²) >= 11 is 6.13. The van der Waals surface area contributed by atoms with E-state index >= 15 is 0 Å². The highest BCUT2D eigenvalue weighted by Gasteiger charge is 2.29. The van der Waals surface area contributed by atoms with Crippen LogP contribution in [0.2, 0.25) is 5.02 Å². The van der Waals surface area contributed by atoms with Gasteiger partial charge in [0, 0.05) is 23.3 Å². The third kappa shape index (κ3) is 5.89. The fraction of sp³-hybridized carbons (Fsp3) is 0.217. The second-order valence-corrected chi connectivity index (χ2v) is 10.4. The Morgan fingerprint density at radius 1 is 1.16 bits per heavy atom. The van der Waals surface area contributed by atoms with Crippen LogP contribution in [-0.2, 0) is 14.8 Å². The highest BCUT2D eigenvalue weighted by molar-refractivity contribution is 7.90. The first kappa shape index (κ1) is 26.5. The fourth-order valence-electron chi connectivity index (χ4n) is 3.42. The molecular weight excluding hydrogens is 533 g/mol. The number of halogens is 4. The third-order valence-corrected chi connectivity index (χ3v) is 7.19. The molecule has 0 aliphatic rings. The first-order valence-electron chi connectivity index (χ1n) is 10.8. The molecule has 0 saturated heterocycles. The van der Waals surface area contributed by atoms with Gasteiger partial charge in [0.05, 0.1) is 40.6 Å². The van der Waals surface area contributed by atoms with Crippen LogP contribution < -0.4 is 10.6 Å². The van der Waals surface area contributed by atoms with E-state index in [4.69, 9.17) is 11.6 Å². The highest BCUT2D eigenvalue weighted by atomic mass is 35.5. The summed E-state index contributed by atoms with van der Waals surface area (Å²) < 4.78 is 65.2. The maximum atomic E-state index is 13.4. The smallest absolute Gasteiger partial charge is 0.308 e. The summed E-state index contributed by atoms with van der Waals surface area (Å²) in [6, 6.07) is 6.66. The second-order valence-electron chi connectivity index (χ2n) is 8.18. The zero-order chi connectivity index (χ0) is 27.0. The molecule has 0 aliphatic heterocycles. The molecule has 4 aromatic rings. The van der Waals surface area contributed by atoms with Crippen LogP contribution in [0.3, 0.4) is 0 Å². The summed E-state index contributed by atoms with van der Waals surface area (Å²) in [5, 5.41) is 5.10. The molecule has 37 heavy (non-hydrogen) atoms. The van der Waals surface area contributed by atoms with E-state index in [1.165, 1.54) is 49.9 Å². The largest absolute Gasteiger partial charge is 0.401 e. The van der Waals surface area contributed by atoms with Gasteiger partial charge in [0.2, 0.25) is 5.91 Å². The standard InChI is InChI=1S/C23H20ClF3N6O3S/c1-13-3-5-16(6-4-13)37(35,36)33-11-18(17-7-15(24)8-29-21(17)33)19-9-28-10-20(31-19)32-22(34)14(2)30-12-23(25,26)27/h3-11,14,30H,12H2,1-2H3,(H,31,32,34)/t14-/m1/s1. The van der Waals surface area contributed by atoms with Gasteiger partial charge < -0.3 is 5.32 Å². The van der Waals surface area contributed by atoms with Crippen LogP contribution in [-0.4, -0.2) is 52.0 Å². The number of pyridine rings is 1. The Morgan fingerprint density at radius 2 is 1.86 bits per heavy atom. The molecule has 0 aliphatic carbocycles. The molecule has 14 heteroatoms. The minimum absolute atomic E-state index is 0.0413. The molecule has 3 aromatic heterocycles. The third-order valence-electron chi connectivity index (χ3n) is 5.32. The van der Waals surface area contributed by atoms with Crippen LogP contribution in [0, 0.1) is 6.92 Å². The van der Waals surface area contributed by atoms with Crippen LogP contribution in [0.4, 0.5) is 19.0 Å². The molecule has 1 aromatic carbocycles. The molecule has 4 rings (SSSR count). The molecule has 0 unspecified atom stereocenters. The number of fused-ring (bicyclic) bond motifs is 1. The van der Waals surface area contributed by atoms with Gasteiger partial charge >= 0.3 is 6.18 Å². The second kappa shape index (κ2) is 10.1. The van der Waals surface area contributed by atoms with Crippen molar-refractivity contribution in [2.24, 2.45) is 0 Å². The topological polar surface area (TPSA) is 119 Å². The number of amides is 1. The van der Waals surface area contributed by atoms with Crippen molar-refractivity contribution in [3.8, 4) is 11.3 Å². The lowest BCUT2D eigenvalue weighted by molar-refractivity contribution is -0.129. The molecule has 3 heterocycles. The zero-order valence-corrected chi connectivity index (χ0v) is 21.0. The number of anilines is 1. The van der Waals surface area contributed by atoms with Crippen molar-refractivity contribution in [2.75, 3.05) is 11.9 Å². The van der Waals surface area contributed by atoms with Crippen LogP contribution in [0.15, 0.2) is 60.0 Å². The quantitative estimate of drug-likeness (QED) is 0.353. The van der Waals surface area contributed by atoms with Gasteiger partial charge in [-0.3, -0.25) is 15.1 Å². The van der Waals surface area contributed by atoms with Crippen molar-refractivity contribution in [3.63, 3.8) is 0 Å². The van der Waals surface area contributed by atoms with Gasteiger partial charge in [-0.15, -0.1) is 0 Å². The predicted molar refractivity (Wildman–Crippen MR) is 132 cm³/mol. The Balaban J connectivity index is 1.71. The van der Waals surface area contributed by atoms with E-state index in [1.54, 1.807) is 12.1 Å². The maximum absolute atomic E-state index is 13.4. The number of carbonyl (C=O) groups excluding carboxylic acids is 1. The Kier molecular flexibility index (Phi) is 7.22. The summed E-state index contributed by atoms with van der Waals surface area (Å²) in [6.07, 6.45) is 0.723. The Morgan fingerprint density at radius 3 is 2.54 bits per heavy atom. The number of carbonyl (C=O) groups is 1. The molecule has 0 radical (unpaired) electrons. The number of hydrogen-bond donors (Lipinski definition) is 2. The average molecular weight is 553 g/mol. The average Bonchev–Trinajstić information content (AvgIpc) is 3.22. The van der Waals surface area contributed by atoms with E-state index in [0.717, 1.165) is 9.54 Å². The van der Waals surface area contributed by atoms with Gasteiger partial charge in [-0.1, -0.05) is 29.3 Å². The Bertz CT molecular complexity index is 1570. The number of rotatable bonds is 7. The van der Waals surface area contributed by atoms with Crippen LogP contribution in [0.1, 0.15) is 12.5 Å². The van der Waals surface area contributed by atoms with Gasteiger partial charge in [-0.25, -0.2) is 22.4 Å². The molecule has 0 saturated carbocycles. The molecule has 2 N–H and O–H groups in total. The van der Waals surface area contributed by atoms with E-state index in [1.807, 2.05) is 6.92 Å². The number of hydrogen-bond acceptors (Lipinski definition) is 7. The highest BCUT2D eigenvalue weighted by Crippen LogP contribution is 2.33. The molecule has 1 atom stereocenters. The normalized spacial score (nSPS) is 13.0. The fourth-order valence-corrected chi connectivity index (χ4v) is 4.90. The van der Waals surface area contributed by atoms with E-state index in [9.17, 15) is 26.4 Å².